The Labute approximate surface area is 163 Å². The largest absolute Gasteiger partial charge is 0.336 e. The minimum Gasteiger partial charge on any atom is -0.336 e. The summed E-state index contributed by atoms with van der Waals surface area (Å²) >= 11 is 1.33. The number of carbonyl (C=O) groups is 1. The molecule has 1 aromatic carbocycles. The fourth-order valence-electron chi connectivity index (χ4n) is 3.70. The van der Waals surface area contributed by atoms with Crippen molar-refractivity contribution < 1.29 is 4.79 Å². The summed E-state index contributed by atoms with van der Waals surface area (Å²) in [5.74, 6) is 7.64. The molecule has 1 fully saturated rings. The molecule has 2 N–H and O–H groups in total. The first-order valence-corrected chi connectivity index (χ1v) is 10.5. The minimum absolute atomic E-state index is 0.0341. The van der Waals surface area contributed by atoms with Gasteiger partial charge < -0.3 is 5.84 Å². The van der Waals surface area contributed by atoms with Gasteiger partial charge in [-0.15, -0.1) is 10.2 Å². The normalized spacial score (nSPS) is 17.9. The van der Waals surface area contributed by atoms with E-state index in [4.69, 9.17) is 5.84 Å². The van der Waals surface area contributed by atoms with E-state index in [-0.39, 0.29) is 11.7 Å². The lowest BCUT2D eigenvalue weighted by Crippen LogP contribution is -2.25. The maximum atomic E-state index is 12.5. The topological polar surface area (TPSA) is 89.4 Å². The Morgan fingerprint density at radius 1 is 1.15 bits per heavy atom. The molecule has 0 spiro atoms. The van der Waals surface area contributed by atoms with Crippen molar-refractivity contribution in [2.75, 3.05) is 18.1 Å². The number of rotatable bonds is 5. The van der Waals surface area contributed by atoms with E-state index < -0.39 is 0 Å². The fourth-order valence-corrected chi connectivity index (χ4v) is 4.43. The van der Waals surface area contributed by atoms with E-state index in [1.807, 2.05) is 30.3 Å². The van der Waals surface area contributed by atoms with E-state index in [0.717, 1.165) is 36.4 Å². The Morgan fingerprint density at radius 2 is 1.93 bits per heavy atom. The summed E-state index contributed by atoms with van der Waals surface area (Å²) < 4.78 is 1.57. The van der Waals surface area contributed by atoms with Gasteiger partial charge in [0, 0.05) is 12.3 Å². The molecular weight excluding hydrogens is 360 g/mol. The van der Waals surface area contributed by atoms with Gasteiger partial charge in [-0.25, -0.2) is 9.69 Å². The highest BCUT2D eigenvalue weighted by Gasteiger charge is 2.25. The predicted octanol–water partition coefficient (Wildman–Crippen LogP) is 2.77. The van der Waals surface area contributed by atoms with Gasteiger partial charge in [-0.1, -0.05) is 61.4 Å². The van der Waals surface area contributed by atoms with E-state index in [9.17, 15) is 4.79 Å². The van der Waals surface area contributed by atoms with Crippen LogP contribution in [0.15, 0.2) is 40.6 Å². The molecule has 2 aromatic rings. The molecule has 0 bridgehead atoms. The van der Waals surface area contributed by atoms with Crippen LogP contribution in [-0.2, 0) is 4.79 Å². The lowest BCUT2D eigenvalue weighted by atomic mass is 9.89. The third-order valence-electron chi connectivity index (χ3n) is 5.18. The number of nitrogen functional groups attached to an aromatic ring is 1. The van der Waals surface area contributed by atoms with Crippen LogP contribution in [0.25, 0.3) is 0 Å². The molecule has 0 atom stereocenters. The van der Waals surface area contributed by atoms with Crippen LogP contribution >= 0.6 is 11.8 Å². The Morgan fingerprint density at radius 3 is 2.70 bits per heavy atom. The first-order valence-electron chi connectivity index (χ1n) is 9.49. The number of thioether (sulfide) groups is 1. The molecule has 1 aliphatic heterocycles. The fraction of sp³-hybridized carbons (Fsp3) is 0.474. The molecule has 2 aliphatic rings. The van der Waals surface area contributed by atoms with Gasteiger partial charge in [0.25, 0.3) is 5.91 Å². The molecule has 0 radical (unpaired) electrons. The lowest BCUT2D eigenvalue weighted by Gasteiger charge is -2.20. The molecule has 1 aliphatic carbocycles. The first kappa shape index (κ1) is 18.0. The van der Waals surface area contributed by atoms with Crippen LogP contribution in [0.2, 0.25) is 0 Å². The molecular formula is C19H24N6OS. The second-order valence-electron chi connectivity index (χ2n) is 7.01. The maximum absolute atomic E-state index is 12.5. The summed E-state index contributed by atoms with van der Waals surface area (Å²) in [6, 6.07) is 9.98. The first-order chi connectivity index (χ1) is 13.2. The third-order valence-corrected chi connectivity index (χ3v) is 6.11. The van der Waals surface area contributed by atoms with Crippen LogP contribution in [0.4, 0.5) is 0 Å². The molecule has 7 nitrogen and oxygen atoms in total. The van der Waals surface area contributed by atoms with Crippen LogP contribution in [0.5, 0.6) is 0 Å². The molecule has 1 saturated carbocycles. The number of carbonyl (C=O) groups excluding carboxylic acids is 1. The van der Waals surface area contributed by atoms with Gasteiger partial charge in [0.1, 0.15) is 0 Å². The van der Waals surface area contributed by atoms with E-state index in [1.165, 1.54) is 31.0 Å². The third kappa shape index (κ3) is 4.00. The Hall–Kier alpha value is -2.35. The highest BCUT2D eigenvalue weighted by Crippen LogP contribution is 2.32. The van der Waals surface area contributed by atoms with Gasteiger partial charge in [0.05, 0.1) is 18.0 Å². The molecule has 2 heterocycles. The monoisotopic (exact) mass is 384 g/mol. The summed E-state index contributed by atoms with van der Waals surface area (Å²) in [6.45, 7) is 0.617. The number of hydrazone groups is 1. The minimum atomic E-state index is -0.0341. The van der Waals surface area contributed by atoms with Crippen molar-refractivity contribution >= 4 is 23.4 Å². The molecule has 142 valence electrons. The van der Waals surface area contributed by atoms with Gasteiger partial charge in [-0.2, -0.15) is 5.10 Å². The van der Waals surface area contributed by atoms with Crippen LogP contribution in [0.1, 0.15) is 55.8 Å². The lowest BCUT2D eigenvalue weighted by molar-refractivity contribution is -0.127. The standard InChI is InChI=1S/C19H24N6OS/c20-25-18(15-9-5-2-6-10-15)21-22-19(25)27-13-17(26)24-12-11-16(23-24)14-7-3-1-4-8-14/h1,3-4,7-8,15H,2,5-6,9-13,20H2. The molecule has 1 amide bonds. The van der Waals surface area contributed by atoms with E-state index >= 15 is 0 Å². The van der Waals surface area contributed by atoms with Gasteiger partial charge >= 0.3 is 0 Å². The number of hydrogen-bond donors (Lipinski definition) is 1. The zero-order chi connectivity index (χ0) is 18.6. The number of aromatic nitrogens is 3. The SMILES string of the molecule is Nn1c(SCC(=O)N2CCC(c3ccccc3)=N2)nnc1C1CCCCC1. The van der Waals surface area contributed by atoms with E-state index in [0.29, 0.717) is 17.6 Å². The molecule has 8 heteroatoms. The molecule has 0 unspecified atom stereocenters. The molecule has 27 heavy (non-hydrogen) atoms. The number of hydrogen-bond acceptors (Lipinski definition) is 6. The van der Waals surface area contributed by atoms with Crippen molar-refractivity contribution in [2.45, 2.75) is 49.6 Å². The number of amides is 1. The molecule has 4 rings (SSSR count). The summed E-state index contributed by atoms with van der Waals surface area (Å²) in [5.41, 5.74) is 2.02. The Balaban J connectivity index is 1.36. The second-order valence-corrected chi connectivity index (χ2v) is 7.96. The van der Waals surface area contributed by atoms with Gasteiger partial charge in [-0.05, 0) is 18.4 Å². The van der Waals surface area contributed by atoms with E-state index in [2.05, 4.69) is 15.3 Å². The number of nitrogens with two attached hydrogens (primary N) is 1. The average molecular weight is 385 g/mol. The molecule has 0 saturated heterocycles. The van der Waals surface area contributed by atoms with Crippen molar-refractivity contribution in [3.63, 3.8) is 0 Å². The van der Waals surface area contributed by atoms with Crippen LogP contribution in [-0.4, -0.2) is 43.8 Å². The zero-order valence-electron chi connectivity index (χ0n) is 15.3. The highest BCUT2D eigenvalue weighted by atomic mass is 32.2. The Bertz CT molecular complexity index is 828. The Kier molecular flexibility index (Phi) is 5.42. The van der Waals surface area contributed by atoms with E-state index in [1.54, 1.807) is 9.69 Å². The van der Waals surface area contributed by atoms with Crippen molar-refractivity contribution in [1.82, 2.24) is 19.9 Å². The second kappa shape index (κ2) is 8.12. The highest BCUT2D eigenvalue weighted by molar-refractivity contribution is 7.99. The smallest absolute Gasteiger partial charge is 0.253 e. The number of benzene rings is 1. The predicted molar refractivity (Wildman–Crippen MR) is 106 cm³/mol. The summed E-state index contributed by atoms with van der Waals surface area (Å²) in [6.07, 6.45) is 6.73. The summed E-state index contributed by atoms with van der Waals surface area (Å²) in [7, 11) is 0. The number of nitrogens with zero attached hydrogens (tertiary/aromatic N) is 5. The zero-order valence-corrected chi connectivity index (χ0v) is 16.1. The summed E-state index contributed by atoms with van der Waals surface area (Å²) in [4.78, 5) is 12.5. The van der Waals surface area contributed by atoms with Crippen molar-refractivity contribution in [3.8, 4) is 0 Å². The molecule has 1 aromatic heterocycles. The van der Waals surface area contributed by atoms with Crippen LogP contribution < -0.4 is 5.84 Å². The maximum Gasteiger partial charge on any atom is 0.253 e. The van der Waals surface area contributed by atoms with Crippen LogP contribution in [0, 0.1) is 0 Å². The van der Waals surface area contributed by atoms with Crippen molar-refractivity contribution in [2.24, 2.45) is 5.10 Å². The van der Waals surface area contributed by atoms with Gasteiger partial charge in [0.15, 0.2) is 5.82 Å². The quantitative estimate of drug-likeness (QED) is 0.632. The average Bonchev–Trinajstić information content (AvgIpc) is 3.35. The van der Waals surface area contributed by atoms with Crippen molar-refractivity contribution in [1.29, 1.82) is 0 Å². The van der Waals surface area contributed by atoms with Crippen molar-refractivity contribution in [3.05, 3.63) is 41.7 Å². The van der Waals surface area contributed by atoms with Gasteiger partial charge in [0.2, 0.25) is 5.16 Å². The summed E-state index contributed by atoms with van der Waals surface area (Å²) in [5, 5.41) is 15.1. The van der Waals surface area contributed by atoms with Gasteiger partial charge in [-0.3, -0.25) is 4.79 Å². The van der Waals surface area contributed by atoms with Crippen LogP contribution in [0.3, 0.4) is 0 Å².